The lowest BCUT2D eigenvalue weighted by Crippen LogP contribution is -2.43. The largest absolute Gasteiger partial charge is 0.388 e. The number of aromatic amines is 1. The number of hydrogen-bond donors (Lipinski definition) is 4. The van der Waals surface area contributed by atoms with Crippen molar-refractivity contribution >= 4 is 40.8 Å². The number of nitrogens with zero attached hydrogens (tertiary/aromatic N) is 1. The summed E-state index contributed by atoms with van der Waals surface area (Å²) in [5, 5.41) is 18.1. The highest BCUT2D eigenvalue weighted by molar-refractivity contribution is 14.0. The molecule has 0 saturated carbocycles. The minimum absolute atomic E-state index is 0. The fraction of sp³-hybridized carbons (Fsp3) is 0.526. The maximum absolute atomic E-state index is 13.3. The molecule has 0 radical (unpaired) electrons. The van der Waals surface area contributed by atoms with Gasteiger partial charge in [0.2, 0.25) is 0 Å². The first kappa shape index (κ1) is 21.9. The van der Waals surface area contributed by atoms with E-state index >= 15 is 0 Å². The maximum Gasteiger partial charge on any atom is 0.191 e. The molecular weight excluding hydrogens is 462 g/mol. The number of benzene rings is 1. The van der Waals surface area contributed by atoms with Gasteiger partial charge in [-0.05, 0) is 37.1 Å². The van der Waals surface area contributed by atoms with Gasteiger partial charge in [-0.1, -0.05) is 0 Å². The number of fused-ring (bicyclic) bond motifs is 1. The SMILES string of the molecule is CCNC(=NCC1(O)CCOCC1)NCCc1c[nH]c2cc(F)ccc12.I. The Morgan fingerprint density at radius 1 is 1.33 bits per heavy atom. The average molecular weight is 490 g/mol. The summed E-state index contributed by atoms with van der Waals surface area (Å²) in [6.45, 7) is 4.97. The van der Waals surface area contributed by atoms with Crippen LogP contribution in [0.5, 0.6) is 0 Å². The molecule has 0 spiro atoms. The van der Waals surface area contributed by atoms with Crippen molar-refractivity contribution < 1.29 is 14.2 Å². The van der Waals surface area contributed by atoms with Crippen LogP contribution < -0.4 is 10.6 Å². The highest BCUT2D eigenvalue weighted by Gasteiger charge is 2.29. The molecule has 1 fully saturated rings. The second-order valence-electron chi connectivity index (χ2n) is 6.71. The molecule has 27 heavy (non-hydrogen) atoms. The van der Waals surface area contributed by atoms with Crippen LogP contribution in [0.15, 0.2) is 29.4 Å². The number of rotatable bonds is 6. The number of aromatic nitrogens is 1. The molecule has 150 valence electrons. The van der Waals surface area contributed by atoms with E-state index in [9.17, 15) is 9.50 Å². The molecule has 0 aliphatic carbocycles. The van der Waals surface area contributed by atoms with Gasteiger partial charge >= 0.3 is 0 Å². The molecule has 1 saturated heterocycles. The molecule has 8 heteroatoms. The molecule has 6 nitrogen and oxygen atoms in total. The summed E-state index contributed by atoms with van der Waals surface area (Å²) >= 11 is 0. The lowest BCUT2D eigenvalue weighted by atomic mass is 9.95. The summed E-state index contributed by atoms with van der Waals surface area (Å²) in [4.78, 5) is 7.64. The molecule has 2 heterocycles. The number of aliphatic hydroxyl groups is 1. The van der Waals surface area contributed by atoms with Crippen molar-refractivity contribution in [2.24, 2.45) is 4.99 Å². The van der Waals surface area contributed by atoms with Gasteiger partial charge in [0.1, 0.15) is 5.82 Å². The van der Waals surface area contributed by atoms with Crippen LogP contribution in [-0.4, -0.2) is 54.5 Å². The van der Waals surface area contributed by atoms with Crippen LogP contribution >= 0.6 is 24.0 Å². The number of guanidine groups is 1. The van der Waals surface area contributed by atoms with Crippen molar-refractivity contribution in [3.05, 3.63) is 35.8 Å². The quantitative estimate of drug-likeness (QED) is 0.285. The molecule has 3 rings (SSSR count). The molecule has 2 aromatic rings. The Balaban J connectivity index is 0.00000261. The first-order valence-corrected chi connectivity index (χ1v) is 9.17. The maximum atomic E-state index is 13.3. The van der Waals surface area contributed by atoms with Crippen LogP contribution in [0.4, 0.5) is 4.39 Å². The number of H-pyrrole nitrogens is 1. The van der Waals surface area contributed by atoms with Gasteiger partial charge in [-0.3, -0.25) is 4.99 Å². The van der Waals surface area contributed by atoms with Gasteiger partial charge < -0.3 is 25.5 Å². The summed E-state index contributed by atoms with van der Waals surface area (Å²) in [7, 11) is 0. The minimum Gasteiger partial charge on any atom is -0.388 e. The van der Waals surface area contributed by atoms with Crippen LogP contribution in [0.2, 0.25) is 0 Å². The van der Waals surface area contributed by atoms with Gasteiger partial charge in [-0.2, -0.15) is 0 Å². The van der Waals surface area contributed by atoms with Crippen molar-refractivity contribution in [2.45, 2.75) is 31.8 Å². The third-order valence-electron chi connectivity index (χ3n) is 4.72. The zero-order valence-electron chi connectivity index (χ0n) is 15.6. The Morgan fingerprint density at radius 3 is 2.85 bits per heavy atom. The molecule has 0 bridgehead atoms. The molecule has 0 amide bonds. The molecular formula is C19H28FIN4O2. The van der Waals surface area contributed by atoms with E-state index in [1.807, 2.05) is 13.1 Å². The monoisotopic (exact) mass is 490 g/mol. The van der Waals surface area contributed by atoms with Crippen LogP contribution in [0.25, 0.3) is 10.9 Å². The Bertz CT molecular complexity index is 759. The normalized spacial score (nSPS) is 16.8. The van der Waals surface area contributed by atoms with Gasteiger partial charge in [0, 0.05) is 56.2 Å². The summed E-state index contributed by atoms with van der Waals surface area (Å²) in [5.74, 6) is 0.454. The van der Waals surface area contributed by atoms with Crippen molar-refractivity contribution in [3.8, 4) is 0 Å². The van der Waals surface area contributed by atoms with E-state index < -0.39 is 5.60 Å². The lowest BCUT2D eigenvalue weighted by Gasteiger charge is -2.30. The van der Waals surface area contributed by atoms with E-state index in [0.29, 0.717) is 45.1 Å². The van der Waals surface area contributed by atoms with Gasteiger partial charge in [0.05, 0.1) is 12.1 Å². The van der Waals surface area contributed by atoms with Crippen LogP contribution in [0.3, 0.4) is 0 Å². The Morgan fingerprint density at radius 2 is 2.11 bits per heavy atom. The fourth-order valence-corrected chi connectivity index (χ4v) is 3.16. The summed E-state index contributed by atoms with van der Waals surface area (Å²) in [6.07, 6.45) is 3.93. The predicted octanol–water partition coefficient (Wildman–Crippen LogP) is 2.56. The topological polar surface area (TPSA) is 81.7 Å². The van der Waals surface area contributed by atoms with E-state index in [1.165, 1.54) is 12.1 Å². The van der Waals surface area contributed by atoms with Gasteiger partial charge in [-0.25, -0.2) is 4.39 Å². The van der Waals surface area contributed by atoms with E-state index in [-0.39, 0.29) is 29.8 Å². The summed E-state index contributed by atoms with van der Waals surface area (Å²) in [6, 6.07) is 4.79. The van der Waals surface area contributed by atoms with Crippen molar-refractivity contribution in [1.29, 1.82) is 0 Å². The average Bonchev–Trinajstić information content (AvgIpc) is 3.02. The van der Waals surface area contributed by atoms with Crippen LogP contribution in [0.1, 0.15) is 25.3 Å². The predicted molar refractivity (Wildman–Crippen MR) is 116 cm³/mol. The number of hydrogen-bond acceptors (Lipinski definition) is 3. The van der Waals surface area contributed by atoms with Crippen molar-refractivity contribution in [2.75, 3.05) is 32.8 Å². The third kappa shape index (κ3) is 6.05. The molecule has 1 aromatic carbocycles. The Kier molecular flexibility index (Phi) is 8.30. The van der Waals surface area contributed by atoms with Crippen molar-refractivity contribution in [1.82, 2.24) is 15.6 Å². The Labute approximate surface area is 176 Å². The van der Waals surface area contributed by atoms with Gasteiger partial charge in [0.15, 0.2) is 5.96 Å². The Hall–Kier alpha value is -1.39. The smallest absolute Gasteiger partial charge is 0.191 e. The number of halogens is 2. The first-order chi connectivity index (χ1) is 12.6. The van der Waals surface area contributed by atoms with E-state index in [1.54, 1.807) is 6.07 Å². The van der Waals surface area contributed by atoms with Gasteiger partial charge in [0.25, 0.3) is 0 Å². The zero-order valence-corrected chi connectivity index (χ0v) is 17.9. The van der Waals surface area contributed by atoms with Crippen LogP contribution in [0, 0.1) is 5.82 Å². The lowest BCUT2D eigenvalue weighted by molar-refractivity contribution is -0.0565. The third-order valence-corrected chi connectivity index (χ3v) is 4.72. The summed E-state index contributed by atoms with van der Waals surface area (Å²) < 4.78 is 18.6. The molecule has 4 N–H and O–H groups in total. The minimum atomic E-state index is -0.776. The second kappa shape index (κ2) is 10.2. The highest BCUT2D eigenvalue weighted by Crippen LogP contribution is 2.21. The van der Waals surface area contributed by atoms with Crippen LogP contribution in [-0.2, 0) is 11.2 Å². The highest BCUT2D eigenvalue weighted by atomic mass is 127. The summed E-state index contributed by atoms with van der Waals surface area (Å²) in [5.41, 5.74) is 1.16. The standard InChI is InChI=1S/C19H27FN4O2.HI/c1-2-21-18(24-13-19(25)6-9-26-10-7-19)22-8-5-14-12-23-17-11-15(20)3-4-16(14)17;/h3-4,11-12,23,25H,2,5-10,13H2,1H3,(H2,21,22,24);1H. The molecule has 1 aliphatic heterocycles. The number of aliphatic imine (C=N–C) groups is 1. The van der Waals surface area contributed by atoms with E-state index in [2.05, 4.69) is 20.6 Å². The van der Waals surface area contributed by atoms with E-state index in [4.69, 9.17) is 4.74 Å². The molecule has 1 aromatic heterocycles. The molecule has 0 atom stereocenters. The number of ether oxygens (including phenoxy) is 1. The number of nitrogens with one attached hydrogen (secondary N) is 3. The molecule has 1 aliphatic rings. The van der Waals surface area contributed by atoms with E-state index in [0.717, 1.165) is 29.4 Å². The fourth-order valence-electron chi connectivity index (χ4n) is 3.16. The van der Waals surface area contributed by atoms with Gasteiger partial charge in [-0.15, -0.1) is 24.0 Å². The first-order valence-electron chi connectivity index (χ1n) is 9.17. The zero-order chi connectivity index (χ0) is 18.4. The second-order valence-corrected chi connectivity index (χ2v) is 6.71. The molecule has 0 unspecified atom stereocenters. The van der Waals surface area contributed by atoms with Crippen molar-refractivity contribution in [3.63, 3.8) is 0 Å².